The molecule has 1 aromatic heterocycles. The van der Waals surface area contributed by atoms with Crippen LogP contribution in [-0.4, -0.2) is 33.6 Å². The first-order valence-electron chi connectivity index (χ1n) is 4.52. The molecule has 0 saturated heterocycles. The van der Waals surface area contributed by atoms with Crippen molar-refractivity contribution in [3.05, 3.63) is 11.7 Å². The molecule has 1 aromatic rings. The molecule has 0 aliphatic rings. The van der Waals surface area contributed by atoms with Crippen LogP contribution in [0.3, 0.4) is 0 Å². The molecule has 0 bridgehead atoms. The van der Waals surface area contributed by atoms with E-state index in [1.165, 1.54) is 6.92 Å². The van der Waals surface area contributed by atoms with Crippen LogP contribution in [0.25, 0.3) is 0 Å². The van der Waals surface area contributed by atoms with E-state index in [1.807, 2.05) is 0 Å². The first kappa shape index (κ1) is 12.9. The van der Waals surface area contributed by atoms with Crippen molar-refractivity contribution in [1.82, 2.24) is 10.1 Å². The molecular formula is C8H12F3N3O2. The van der Waals surface area contributed by atoms with Crippen molar-refractivity contribution < 1.29 is 22.8 Å². The molecule has 1 heterocycles. The summed E-state index contributed by atoms with van der Waals surface area (Å²) in [4.78, 5) is 3.52. The minimum atomic E-state index is -4.38. The Bertz CT molecular complexity index is 349. The molecule has 0 amide bonds. The molecule has 0 aliphatic carbocycles. The topological polar surface area (TPSA) is 85.2 Å². The van der Waals surface area contributed by atoms with E-state index < -0.39 is 24.0 Å². The number of hydrogen-bond donors (Lipinski definition) is 2. The van der Waals surface area contributed by atoms with E-state index >= 15 is 0 Å². The van der Waals surface area contributed by atoms with Gasteiger partial charge in [-0.25, -0.2) is 0 Å². The zero-order valence-corrected chi connectivity index (χ0v) is 8.58. The third-order valence-electron chi connectivity index (χ3n) is 1.84. The van der Waals surface area contributed by atoms with E-state index in [9.17, 15) is 18.3 Å². The van der Waals surface area contributed by atoms with E-state index in [-0.39, 0.29) is 18.9 Å². The van der Waals surface area contributed by atoms with Crippen LogP contribution in [0.1, 0.15) is 18.6 Å². The summed E-state index contributed by atoms with van der Waals surface area (Å²) in [5.74, 6) is -0.509. The lowest BCUT2D eigenvalue weighted by molar-refractivity contribution is -0.128. The molecule has 0 radical (unpaired) electrons. The maximum Gasteiger partial charge on any atom is 0.396 e. The van der Waals surface area contributed by atoms with Gasteiger partial charge >= 0.3 is 6.18 Å². The molecule has 92 valence electrons. The second-order valence-corrected chi connectivity index (χ2v) is 3.77. The Kier molecular flexibility index (Phi) is 3.54. The molecular weight excluding hydrogens is 227 g/mol. The highest BCUT2D eigenvalue weighted by Gasteiger charge is 2.31. The smallest absolute Gasteiger partial charge is 0.388 e. The minimum absolute atomic E-state index is 0.0516. The predicted octanol–water partition coefficient (Wildman–Crippen LogP) is 0.427. The minimum Gasteiger partial charge on any atom is -0.388 e. The fourth-order valence-corrected chi connectivity index (χ4v) is 1.01. The van der Waals surface area contributed by atoms with Gasteiger partial charge in [0, 0.05) is 6.54 Å². The fraction of sp³-hybridized carbons (Fsp3) is 0.750. The van der Waals surface area contributed by atoms with Crippen molar-refractivity contribution in [3.63, 3.8) is 0 Å². The Morgan fingerprint density at radius 1 is 1.38 bits per heavy atom. The summed E-state index contributed by atoms with van der Waals surface area (Å²) in [6.07, 6.45) is -5.70. The van der Waals surface area contributed by atoms with E-state index in [1.54, 1.807) is 0 Å². The van der Waals surface area contributed by atoms with Crippen molar-refractivity contribution in [2.24, 2.45) is 5.73 Å². The van der Waals surface area contributed by atoms with E-state index in [0.29, 0.717) is 0 Å². The van der Waals surface area contributed by atoms with Crippen molar-refractivity contribution in [2.45, 2.75) is 31.5 Å². The quantitative estimate of drug-likeness (QED) is 0.795. The lowest BCUT2D eigenvalue weighted by Gasteiger charge is -2.17. The van der Waals surface area contributed by atoms with Crippen LogP contribution < -0.4 is 5.73 Å². The highest BCUT2D eigenvalue weighted by molar-refractivity contribution is 4.93. The Labute approximate surface area is 89.4 Å². The zero-order valence-electron chi connectivity index (χ0n) is 8.58. The number of rotatable bonds is 4. The van der Waals surface area contributed by atoms with Crippen molar-refractivity contribution in [1.29, 1.82) is 0 Å². The van der Waals surface area contributed by atoms with Gasteiger partial charge in [-0.3, -0.25) is 0 Å². The summed E-state index contributed by atoms with van der Waals surface area (Å²) >= 11 is 0. The van der Waals surface area contributed by atoms with Gasteiger partial charge in [0.15, 0.2) is 5.82 Å². The molecule has 0 aromatic carbocycles. The highest BCUT2D eigenvalue weighted by atomic mass is 19.4. The van der Waals surface area contributed by atoms with Crippen LogP contribution in [0.5, 0.6) is 0 Å². The first-order chi connectivity index (χ1) is 7.22. The number of hydrogen-bond acceptors (Lipinski definition) is 5. The van der Waals surface area contributed by atoms with Gasteiger partial charge in [0.1, 0.15) is 6.42 Å². The molecule has 0 saturated carbocycles. The Hall–Kier alpha value is -1.15. The van der Waals surface area contributed by atoms with Gasteiger partial charge in [0.25, 0.3) is 0 Å². The van der Waals surface area contributed by atoms with E-state index in [4.69, 9.17) is 5.73 Å². The van der Waals surface area contributed by atoms with Gasteiger partial charge in [-0.2, -0.15) is 18.2 Å². The Morgan fingerprint density at radius 2 is 2.00 bits per heavy atom. The first-order valence-corrected chi connectivity index (χ1v) is 4.52. The standard InChI is InChI=1S/C8H12F3N3O2/c1-7(15,4-12)3-6-13-5(14-16-6)2-8(9,10)11/h15H,2-4,12H2,1H3. The van der Waals surface area contributed by atoms with Crippen LogP contribution in [0.15, 0.2) is 4.52 Å². The van der Waals surface area contributed by atoms with Gasteiger partial charge < -0.3 is 15.4 Å². The molecule has 8 heteroatoms. The summed E-state index contributed by atoms with van der Waals surface area (Å²) in [5.41, 5.74) is 3.98. The number of alkyl halides is 3. The Morgan fingerprint density at radius 3 is 2.50 bits per heavy atom. The summed E-state index contributed by atoms with van der Waals surface area (Å²) in [6.45, 7) is 1.38. The fourth-order valence-electron chi connectivity index (χ4n) is 1.01. The van der Waals surface area contributed by atoms with Crippen molar-refractivity contribution in [2.75, 3.05) is 6.54 Å². The van der Waals surface area contributed by atoms with Crippen LogP contribution in [0, 0.1) is 0 Å². The maximum atomic E-state index is 12.0. The lowest BCUT2D eigenvalue weighted by Crippen LogP contribution is -2.36. The van der Waals surface area contributed by atoms with Gasteiger partial charge in [-0.15, -0.1) is 0 Å². The van der Waals surface area contributed by atoms with E-state index in [2.05, 4.69) is 14.7 Å². The summed E-state index contributed by atoms with van der Waals surface area (Å²) in [6, 6.07) is 0. The normalized spacial score (nSPS) is 16.1. The van der Waals surface area contributed by atoms with Crippen molar-refractivity contribution >= 4 is 0 Å². The number of halogens is 3. The highest BCUT2D eigenvalue weighted by Crippen LogP contribution is 2.20. The lowest BCUT2D eigenvalue weighted by atomic mass is 10.0. The largest absolute Gasteiger partial charge is 0.396 e. The average Bonchev–Trinajstić information content (AvgIpc) is 2.48. The molecule has 0 aliphatic heterocycles. The number of aromatic nitrogens is 2. The third kappa shape index (κ3) is 4.15. The molecule has 1 rings (SSSR count). The molecule has 16 heavy (non-hydrogen) atoms. The van der Waals surface area contributed by atoms with Crippen LogP contribution in [-0.2, 0) is 12.8 Å². The van der Waals surface area contributed by atoms with Gasteiger partial charge in [-0.05, 0) is 6.92 Å². The second kappa shape index (κ2) is 4.38. The molecule has 0 spiro atoms. The number of nitrogens with zero attached hydrogens (tertiary/aromatic N) is 2. The molecule has 0 fully saturated rings. The van der Waals surface area contributed by atoms with Crippen LogP contribution >= 0.6 is 0 Å². The van der Waals surface area contributed by atoms with Crippen molar-refractivity contribution in [3.8, 4) is 0 Å². The number of aliphatic hydroxyl groups is 1. The summed E-state index contributed by atoms with van der Waals surface area (Å²) < 4.78 is 40.5. The summed E-state index contributed by atoms with van der Waals surface area (Å²) in [7, 11) is 0. The molecule has 1 atom stereocenters. The van der Waals surface area contributed by atoms with Gasteiger partial charge in [-0.1, -0.05) is 5.16 Å². The third-order valence-corrected chi connectivity index (χ3v) is 1.84. The van der Waals surface area contributed by atoms with Crippen LogP contribution in [0.4, 0.5) is 13.2 Å². The van der Waals surface area contributed by atoms with E-state index in [0.717, 1.165) is 0 Å². The SMILES string of the molecule is CC(O)(CN)Cc1nc(CC(F)(F)F)no1. The predicted molar refractivity (Wildman–Crippen MR) is 47.4 cm³/mol. The Balaban J connectivity index is 2.65. The molecule has 1 unspecified atom stereocenters. The monoisotopic (exact) mass is 239 g/mol. The average molecular weight is 239 g/mol. The number of nitrogens with two attached hydrogens (primary N) is 1. The molecule has 3 N–H and O–H groups in total. The zero-order chi connectivity index (χ0) is 12.4. The van der Waals surface area contributed by atoms with Crippen LogP contribution in [0.2, 0.25) is 0 Å². The summed E-state index contributed by atoms with van der Waals surface area (Å²) in [5, 5.41) is 12.7. The molecule has 5 nitrogen and oxygen atoms in total. The van der Waals surface area contributed by atoms with Gasteiger partial charge in [0.2, 0.25) is 5.89 Å². The maximum absolute atomic E-state index is 12.0. The second-order valence-electron chi connectivity index (χ2n) is 3.77. The van der Waals surface area contributed by atoms with Gasteiger partial charge in [0.05, 0.1) is 12.0 Å².